The lowest BCUT2D eigenvalue weighted by molar-refractivity contribution is -0.137. The fourth-order valence-electron chi connectivity index (χ4n) is 6.41. The fourth-order valence-corrected chi connectivity index (χ4v) is 6.41. The smallest absolute Gasteiger partial charge is 0.261 e. The van der Waals surface area contributed by atoms with Gasteiger partial charge in [-0.25, -0.2) is 0 Å². The highest BCUT2D eigenvalue weighted by molar-refractivity contribution is 6.08. The van der Waals surface area contributed by atoms with Crippen LogP contribution >= 0.6 is 0 Å². The molecule has 42 heavy (non-hydrogen) atoms. The molecule has 0 saturated carbocycles. The summed E-state index contributed by atoms with van der Waals surface area (Å²) < 4.78 is 1.71. The Morgan fingerprint density at radius 3 is 2.64 bits per heavy atom. The molecular formula is C31H37N7O4. The van der Waals surface area contributed by atoms with Crippen LogP contribution in [0.1, 0.15) is 37.4 Å². The van der Waals surface area contributed by atoms with Crippen LogP contribution in [0.5, 0.6) is 0 Å². The summed E-state index contributed by atoms with van der Waals surface area (Å²) in [6.07, 6.45) is 8.06. The van der Waals surface area contributed by atoms with Gasteiger partial charge in [0.15, 0.2) is 5.60 Å². The number of fused-ring (bicyclic) bond motifs is 1. The molecule has 4 heterocycles. The molecule has 0 unspecified atom stereocenters. The second kappa shape index (κ2) is 11.3. The van der Waals surface area contributed by atoms with Crippen LogP contribution in [-0.4, -0.2) is 68.9 Å². The number of rotatable bonds is 9. The molecule has 0 radical (unpaired) electrons. The summed E-state index contributed by atoms with van der Waals surface area (Å²) in [5, 5.41) is 35.2. The Morgan fingerprint density at radius 2 is 1.88 bits per heavy atom. The summed E-state index contributed by atoms with van der Waals surface area (Å²) in [7, 11) is 0. The molecule has 4 N–H and O–H groups in total. The van der Waals surface area contributed by atoms with Crippen LogP contribution in [0.4, 0.5) is 17.1 Å². The van der Waals surface area contributed by atoms with Gasteiger partial charge in [0.1, 0.15) is 5.54 Å². The van der Waals surface area contributed by atoms with Crippen LogP contribution in [0.15, 0.2) is 66.9 Å². The van der Waals surface area contributed by atoms with Crippen LogP contribution in [-0.2, 0) is 28.2 Å². The van der Waals surface area contributed by atoms with Gasteiger partial charge in [0, 0.05) is 54.3 Å². The molecule has 2 aromatic carbocycles. The van der Waals surface area contributed by atoms with E-state index in [0.29, 0.717) is 55.8 Å². The number of aliphatic hydroxyl groups is 2. The molecule has 3 aliphatic rings. The van der Waals surface area contributed by atoms with Crippen LogP contribution in [0.25, 0.3) is 0 Å². The minimum Gasteiger partial charge on any atom is -0.396 e. The predicted molar refractivity (Wildman–Crippen MR) is 159 cm³/mol. The summed E-state index contributed by atoms with van der Waals surface area (Å²) in [5.41, 5.74) is 0.983. The average Bonchev–Trinajstić information content (AvgIpc) is 3.65. The first kappa shape index (κ1) is 28.1. The number of anilines is 3. The number of amides is 2. The molecule has 220 valence electrons. The average molecular weight is 572 g/mol. The normalized spacial score (nSPS) is 22.3. The lowest BCUT2D eigenvalue weighted by Crippen LogP contribution is -2.55. The van der Waals surface area contributed by atoms with E-state index in [1.165, 1.54) is 0 Å². The Kier molecular flexibility index (Phi) is 7.56. The van der Waals surface area contributed by atoms with Crippen molar-refractivity contribution in [3.8, 4) is 0 Å². The first-order valence-electron chi connectivity index (χ1n) is 14.6. The molecule has 11 nitrogen and oxygen atoms in total. The molecule has 0 aliphatic carbocycles. The Bertz CT molecular complexity index is 1480. The predicted octanol–water partition coefficient (Wildman–Crippen LogP) is 2.17. The number of aromatic nitrogens is 3. The lowest BCUT2D eigenvalue weighted by atomic mass is 9.82. The van der Waals surface area contributed by atoms with Gasteiger partial charge in [-0.1, -0.05) is 42.5 Å². The van der Waals surface area contributed by atoms with Gasteiger partial charge < -0.3 is 25.7 Å². The molecule has 0 bridgehead atoms. The third-order valence-electron chi connectivity index (χ3n) is 8.82. The van der Waals surface area contributed by atoms with Crippen molar-refractivity contribution < 1.29 is 19.8 Å². The summed E-state index contributed by atoms with van der Waals surface area (Å²) >= 11 is 0. The standard InChI is InChI=1S/C31H37N7O4/c1-22(7-5-6-17-36-20-23(12-18-39)34-35-36)31(42)26-19-25(10-11-27(26)33-28(31)40)37-21-38(24-8-3-2-4-9-24)30(29(37)41)13-15-32-16-14-30/h2-5,7-11,19-20,22,32,39,42H,6,12-18,21H2,1H3,(H,33,40)/b7-5+/t22-,31+/m1/s1. The Morgan fingerprint density at radius 1 is 1.10 bits per heavy atom. The molecule has 2 amide bonds. The number of nitrogens with zero attached hydrogens (tertiary/aromatic N) is 5. The highest BCUT2D eigenvalue weighted by Crippen LogP contribution is 2.45. The van der Waals surface area contributed by atoms with Crippen LogP contribution in [0.2, 0.25) is 0 Å². The van der Waals surface area contributed by atoms with Crippen molar-refractivity contribution in [2.45, 2.75) is 50.3 Å². The zero-order valence-corrected chi connectivity index (χ0v) is 23.7. The molecule has 3 aliphatic heterocycles. The van der Waals surface area contributed by atoms with Crippen molar-refractivity contribution in [1.29, 1.82) is 0 Å². The van der Waals surface area contributed by atoms with Crippen LogP contribution < -0.4 is 20.4 Å². The molecule has 11 heteroatoms. The second-order valence-electron chi connectivity index (χ2n) is 11.3. The third kappa shape index (κ3) is 4.77. The number of aliphatic hydroxyl groups excluding tert-OH is 1. The highest BCUT2D eigenvalue weighted by atomic mass is 16.3. The molecule has 1 spiro atoms. The molecule has 1 aromatic heterocycles. The minimum atomic E-state index is -1.78. The van der Waals surface area contributed by atoms with Gasteiger partial charge >= 0.3 is 0 Å². The topological polar surface area (TPSA) is 136 Å². The third-order valence-corrected chi connectivity index (χ3v) is 8.82. The number of carbonyl (C=O) groups is 2. The maximum atomic E-state index is 14.1. The molecule has 2 saturated heterocycles. The van der Waals surface area contributed by atoms with Crippen molar-refractivity contribution in [3.05, 3.63) is 78.1 Å². The van der Waals surface area contributed by atoms with E-state index in [1.807, 2.05) is 55.5 Å². The summed E-state index contributed by atoms with van der Waals surface area (Å²) in [6.45, 7) is 4.33. The maximum absolute atomic E-state index is 14.1. The van der Waals surface area contributed by atoms with Gasteiger partial charge in [0.2, 0.25) is 0 Å². The summed E-state index contributed by atoms with van der Waals surface area (Å²) in [5.74, 6) is -0.970. The number of piperidine rings is 1. The number of para-hydroxylation sites is 1. The second-order valence-corrected chi connectivity index (χ2v) is 11.3. The van der Waals surface area contributed by atoms with Gasteiger partial charge in [-0.3, -0.25) is 19.2 Å². The van der Waals surface area contributed by atoms with E-state index in [1.54, 1.807) is 27.9 Å². The molecule has 2 atom stereocenters. The van der Waals surface area contributed by atoms with E-state index in [-0.39, 0.29) is 12.5 Å². The van der Waals surface area contributed by atoms with Crippen LogP contribution in [0.3, 0.4) is 0 Å². The largest absolute Gasteiger partial charge is 0.396 e. The Labute approximate surface area is 244 Å². The number of benzene rings is 2. The fraction of sp³-hybridized carbons (Fsp3) is 0.419. The van der Waals surface area contributed by atoms with Crippen molar-refractivity contribution in [1.82, 2.24) is 20.3 Å². The monoisotopic (exact) mass is 571 g/mol. The lowest BCUT2D eigenvalue weighted by Gasteiger charge is -2.39. The molecular weight excluding hydrogens is 534 g/mol. The van der Waals surface area contributed by atoms with E-state index in [9.17, 15) is 14.7 Å². The van der Waals surface area contributed by atoms with Gasteiger partial charge in [-0.15, -0.1) is 5.10 Å². The number of allylic oxidation sites excluding steroid dienone is 1. The van der Waals surface area contributed by atoms with Crippen molar-refractivity contribution in [2.75, 3.05) is 41.5 Å². The zero-order chi connectivity index (χ0) is 29.3. The number of hydrogen-bond acceptors (Lipinski definition) is 8. The molecule has 6 rings (SSSR count). The van der Waals surface area contributed by atoms with E-state index >= 15 is 0 Å². The van der Waals surface area contributed by atoms with Crippen molar-refractivity contribution in [2.24, 2.45) is 5.92 Å². The van der Waals surface area contributed by atoms with Gasteiger partial charge in [0.25, 0.3) is 11.8 Å². The number of carbonyl (C=O) groups excluding carboxylic acids is 2. The first-order chi connectivity index (χ1) is 20.4. The SMILES string of the molecule is C[C@H](/C=C/CCn1cc(CCO)nn1)[C@@]1(O)C(=O)Nc2ccc(N3CN(c4ccccc4)C4(CCNCC4)C3=O)cc21. The minimum absolute atomic E-state index is 0.0233. The first-order valence-corrected chi connectivity index (χ1v) is 14.6. The van der Waals surface area contributed by atoms with Gasteiger partial charge in [0.05, 0.1) is 12.4 Å². The van der Waals surface area contributed by atoms with E-state index < -0.39 is 23.0 Å². The van der Waals surface area contributed by atoms with Crippen LogP contribution in [0, 0.1) is 5.92 Å². The Balaban J connectivity index is 1.24. The summed E-state index contributed by atoms with van der Waals surface area (Å²) in [6, 6.07) is 15.4. The quantitative estimate of drug-likeness (QED) is 0.287. The van der Waals surface area contributed by atoms with E-state index in [2.05, 4.69) is 25.8 Å². The number of nitrogens with one attached hydrogen (secondary N) is 2. The number of hydrogen-bond donors (Lipinski definition) is 4. The zero-order valence-electron chi connectivity index (χ0n) is 23.7. The molecule has 2 fully saturated rings. The maximum Gasteiger partial charge on any atom is 0.261 e. The number of aryl methyl sites for hydroxylation is 1. The van der Waals surface area contributed by atoms with Crippen molar-refractivity contribution >= 4 is 28.9 Å². The van der Waals surface area contributed by atoms with Gasteiger partial charge in [-0.05, 0) is 62.7 Å². The van der Waals surface area contributed by atoms with E-state index in [0.717, 1.165) is 24.5 Å². The highest BCUT2D eigenvalue weighted by Gasteiger charge is 2.54. The van der Waals surface area contributed by atoms with Gasteiger partial charge in [-0.2, -0.15) is 0 Å². The van der Waals surface area contributed by atoms with E-state index in [4.69, 9.17) is 5.11 Å². The van der Waals surface area contributed by atoms with Crippen molar-refractivity contribution in [3.63, 3.8) is 0 Å². The Hall–Kier alpha value is -4.06. The summed E-state index contributed by atoms with van der Waals surface area (Å²) in [4.78, 5) is 31.3. The molecule has 3 aromatic rings.